The van der Waals surface area contributed by atoms with Gasteiger partial charge in [-0.25, -0.2) is 9.97 Å². The van der Waals surface area contributed by atoms with Gasteiger partial charge in [0, 0.05) is 48.3 Å². The quantitative estimate of drug-likeness (QED) is 0.176. The number of aliphatic hydroxyl groups is 1. The summed E-state index contributed by atoms with van der Waals surface area (Å²) in [5.41, 5.74) is -0.536. The highest BCUT2D eigenvalue weighted by molar-refractivity contribution is 6.25. The van der Waals surface area contributed by atoms with Crippen LogP contribution in [-0.4, -0.2) is 87.2 Å². The molecule has 3 aliphatic heterocycles. The number of benzene rings is 3. The molecule has 4 N–H and O–H groups in total. The van der Waals surface area contributed by atoms with Gasteiger partial charge >= 0.3 is 6.18 Å². The third kappa shape index (κ3) is 7.09. The van der Waals surface area contributed by atoms with Gasteiger partial charge in [-0.3, -0.25) is 34.2 Å². The van der Waals surface area contributed by atoms with Crippen LogP contribution in [0.3, 0.4) is 0 Å². The van der Waals surface area contributed by atoms with Crippen molar-refractivity contribution in [2.75, 3.05) is 37.4 Å². The lowest BCUT2D eigenvalue weighted by atomic mass is 9.83. The molecule has 0 radical (unpaired) electrons. The van der Waals surface area contributed by atoms with Gasteiger partial charge in [0.1, 0.15) is 23.4 Å². The number of hydrogen-bond donors (Lipinski definition) is 4. The summed E-state index contributed by atoms with van der Waals surface area (Å²) in [7, 11) is 1.46. The smallest absolute Gasteiger partial charge is 0.416 e. The molecule has 2 saturated heterocycles. The number of piperidine rings is 2. The first-order valence-corrected chi connectivity index (χ1v) is 18.0. The number of anilines is 2. The standard InChI is InChI=1S/C39H38F3N7O7/c1-20(22-6-4-7-23(16-22)39(40,41)42)44-34-25-17-26(30(56-3)18-28(25)45-21(2)46-34)38(55)12-14-48(15-13-38)32(51)19-43-27-9-5-8-24-33(27)37(54)49(36(24)53)29-10-11-31(50)47-35(29)52/h4-9,16-18,20,29,43,55H,10-15,19H2,1-3H3,(H,44,45,46)(H,47,50,52)/t20-,29?/m1/s1. The predicted molar refractivity (Wildman–Crippen MR) is 196 cm³/mol. The monoisotopic (exact) mass is 773 g/mol. The normalized spacial score (nSPS) is 18.8. The van der Waals surface area contributed by atoms with Gasteiger partial charge in [-0.05, 0) is 69.0 Å². The second-order valence-corrected chi connectivity index (χ2v) is 14.1. The Balaban J connectivity index is 1.05. The fourth-order valence-corrected chi connectivity index (χ4v) is 7.53. The predicted octanol–water partition coefficient (Wildman–Crippen LogP) is 4.46. The number of hydrogen-bond acceptors (Lipinski definition) is 11. The summed E-state index contributed by atoms with van der Waals surface area (Å²) in [5, 5.41) is 20.9. The molecule has 1 unspecified atom stereocenters. The largest absolute Gasteiger partial charge is 0.496 e. The maximum Gasteiger partial charge on any atom is 0.416 e. The van der Waals surface area contributed by atoms with Crippen molar-refractivity contribution < 1.29 is 47.0 Å². The van der Waals surface area contributed by atoms with Crippen LogP contribution in [0.5, 0.6) is 5.75 Å². The van der Waals surface area contributed by atoms with Crippen LogP contribution >= 0.6 is 0 Å². The maximum absolute atomic E-state index is 13.5. The number of nitrogens with zero attached hydrogens (tertiary/aromatic N) is 4. The second kappa shape index (κ2) is 14.5. The highest BCUT2D eigenvalue weighted by Gasteiger charge is 2.46. The van der Waals surface area contributed by atoms with Crippen molar-refractivity contribution in [1.29, 1.82) is 0 Å². The molecule has 0 aliphatic carbocycles. The average Bonchev–Trinajstić information content (AvgIpc) is 3.42. The molecule has 0 saturated carbocycles. The van der Waals surface area contributed by atoms with Crippen molar-refractivity contribution in [3.8, 4) is 5.75 Å². The Hall–Kier alpha value is -6.10. The van der Waals surface area contributed by atoms with E-state index in [0.29, 0.717) is 39.4 Å². The molecule has 14 nitrogen and oxygen atoms in total. The van der Waals surface area contributed by atoms with Crippen LogP contribution in [0.1, 0.15) is 81.9 Å². The number of amides is 5. The molecule has 3 aromatic carbocycles. The Labute approximate surface area is 318 Å². The minimum atomic E-state index is -4.50. The molecule has 5 amide bonds. The van der Waals surface area contributed by atoms with E-state index in [1.54, 1.807) is 49.1 Å². The first-order chi connectivity index (χ1) is 26.6. The fourth-order valence-electron chi connectivity index (χ4n) is 7.53. The number of methoxy groups -OCH3 is 1. The third-order valence-electron chi connectivity index (χ3n) is 10.5. The van der Waals surface area contributed by atoms with Gasteiger partial charge in [-0.1, -0.05) is 18.2 Å². The Morgan fingerprint density at radius 1 is 1.05 bits per heavy atom. The van der Waals surface area contributed by atoms with Crippen molar-refractivity contribution in [1.82, 2.24) is 25.1 Å². The number of alkyl halides is 3. The number of aryl methyl sites for hydroxylation is 1. The van der Waals surface area contributed by atoms with Crippen molar-refractivity contribution in [3.63, 3.8) is 0 Å². The average molecular weight is 774 g/mol. The molecular weight excluding hydrogens is 735 g/mol. The number of fused-ring (bicyclic) bond motifs is 2. The topological polar surface area (TPSA) is 183 Å². The number of ether oxygens (including phenoxy) is 1. The van der Waals surface area contributed by atoms with E-state index in [1.165, 1.54) is 19.2 Å². The molecule has 17 heteroatoms. The highest BCUT2D eigenvalue weighted by Crippen LogP contribution is 2.42. The number of imide groups is 2. The molecule has 2 atom stereocenters. The highest BCUT2D eigenvalue weighted by atomic mass is 19.4. The summed E-state index contributed by atoms with van der Waals surface area (Å²) < 4.78 is 46.0. The summed E-state index contributed by atoms with van der Waals surface area (Å²) in [5.74, 6) is -1.77. The zero-order valence-corrected chi connectivity index (χ0v) is 30.6. The molecule has 56 heavy (non-hydrogen) atoms. The van der Waals surface area contributed by atoms with E-state index in [1.807, 2.05) is 0 Å². The van der Waals surface area contributed by atoms with Gasteiger partial charge < -0.3 is 25.4 Å². The first kappa shape index (κ1) is 38.2. The zero-order chi connectivity index (χ0) is 40.1. The van der Waals surface area contributed by atoms with Crippen molar-refractivity contribution in [2.45, 2.75) is 63.4 Å². The molecule has 2 fully saturated rings. The lowest BCUT2D eigenvalue weighted by Gasteiger charge is -2.39. The molecule has 4 heterocycles. The summed E-state index contributed by atoms with van der Waals surface area (Å²) in [4.78, 5) is 75.7. The lowest BCUT2D eigenvalue weighted by Crippen LogP contribution is -2.54. The minimum absolute atomic E-state index is 0.0117. The zero-order valence-electron chi connectivity index (χ0n) is 30.6. The number of nitrogens with one attached hydrogen (secondary N) is 3. The third-order valence-corrected chi connectivity index (χ3v) is 10.5. The molecule has 3 aliphatic rings. The summed E-state index contributed by atoms with van der Waals surface area (Å²) in [6.45, 7) is 3.50. The Kier molecular flexibility index (Phi) is 9.90. The van der Waals surface area contributed by atoms with Crippen LogP contribution in [0.15, 0.2) is 54.6 Å². The number of rotatable bonds is 9. The minimum Gasteiger partial charge on any atom is -0.496 e. The number of carbonyl (C=O) groups excluding carboxylic acids is 5. The molecule has 0 spiro atoms. The lowest BCUT2D eigenvalue weighted by molar-refractivity contribution is -0.138. The summed E-state index contributed by atoms with van der Waals surface area (Å²) >= 11 is 0. The SMILES string of the molecule is COc1cc2nc(C)nc(N[C@H](C)c3cccc(C(F)(F)F)c3)c2cc1C1(O)CCN(C(=O)CNc2cccc3c2C(=O)N(C2CCC(=O)NC2=O)C3=O)CC1. The second-order valence-electron chi connectivity index (χ2n) is 14.1. The van der Waals surface area contributed by atoms with Crippen LogP contribution < -0.4 is 20.7 Å². The van der Waals surface area contributed by atoms with Gasteiger partial charge in [-0.2, -0.15) is 13.2 Å². The van der Waals surface area contributed by atoms with Crippen LogP contribution in [0.4, 0.5) is 24.7 Å². The maximum atomic E-state index is 13.5. The van der Waals surface area contributed by atoms with Crippen LogP contribution in [0, 0.1) is 6.92 Å². The van der Waals surface area contributed by atoms with Crippen molar-refractivity contribution >= 4 is 51.9 Å². The van der Waals surface area contributed by atoms with Crippen LogP contribution in [0.2, 0.25) is 0 Å². The number of halogens is 3. The Morgan fingerprint density at radius 3 is 2.48 bits per heavy atom. The van der Waals surface area contributed by atoms with Crippen molar-refractivity contribution in [3.05, 3.63) is 88.2 Å². The number of aromatic nitrogens is 2. The van der Waals surface area contributed by atoms with Crippen LogP contribution in [0.25, 0.3) is 10.9 Å². The van der Waals surface area contributed by atoms with Gasteiger partial charge in [0.2, 0.25) is 17.7 Å². The molecule has 292 valence electrons. The van der Waals surface area contributed by atoms with E-state index in [2.05, 4.69) is 25.9 Å². The molecule has 4 aromatic rings. The Bertz CT molecular complexity index is 2290. The van der Waals surface area contributed by atoms with E-state index < -0.39 is 53.1 Å². The number of carbonyl (C=O) groups is 5. The van der Waals surface area contributed by atoms with Gasteiger partial charge in [0.25, 0.3) is 11.8 Å². The van der Waals surface area contributed by atoms with E-state index >= 15 is 0 Å². The molecular formula is C39H38F3N7O7. The molecule has 0 bridgehead atoms. The van der Waals surface area contributed by atoms with Gasteiger partial charge in [0.15, 0.2) is 0 Å². The summed E-state index contributed by atoms with van der Waals surface area (Å²) in [6, 6.07) is 11.3. The van der Waals surface area contributed by atoms with E-state index in [-0.39, 0.29) is 68.0 Å². The Morgan fingerprint density at radius 2 is 1.79 bits per heavy atom. The number of likely N-dealkylation sites (tertiary alicyclic amines) is 1. The molecule has 1 aromatic heterocycles. The van der Waals surface area contributed by atoms with E-state index in [0.717, 1.165) is 17.0 Å². The first-order valence-electron chi connectivity index (χ1n) is 18.0. The molecule has 7 rings (SSSR count). The van der Waals surface area contributed by atoms with E-state index in [9.17, 15) is 42.3 Å². The van der Waals surface area contributed by atoms with Gasteiger partial charge in [-0.15, -0.1) is 0 Å². The van der Waals surface area contributed by atoms with Gasteiger partial charge in [0.05, 0.1) is 41.5 Å². The van der Waals surface area contributed by atoms with Crippen molar-refractivity contribution in [2.24, 2.45) is 0 Å². The summed E-state index contributed by atoms with van der Waals surface area (Å²) in [6.07, 6.45) is -4.24. The van der Waals surface area contributed by atoms with Crippen LogP contribution in [-0.2, 0) is 26.2 Å². The fraction of sp³-hybridized carbons (Fsp3) is 0.359. The van der Waals surface area contributed by atoms with E-state index in [4.69, 9.17) is 4.74 Å².